The van der Waals surface area contributed by atoms with Crippen LogP contribution in [0.4, 0.5) is 5.69 Å². The van der Waals surface area contributed by atoms with Gasteiger partial charge in [0.05, 0.1) is 5.69 Å². The van der Waals surface area contributed by atoms with Crippen LogP contribution >= 0.6 is 0 Å². The van der Waals surface area contributed by atoms with Crippen molar-refractivity contribution >= 4 is 22.4 Å². The van der Waals surface area contributed by atoms with E-state index >= 15 is 0 Å². The van der Waals surface area contributed by atoms with E-state index in [1.54, 1.807) is 7.05 Å². The van der Waals surface area contributed by atoms with Gasteiger partial charge in [-0.25, -0.2) is 0 Å². The molecule has 0 aliphatic carbocycles. The molecule has 3 nitrogen and oxygen atoms in total. The lowest BCUT2D eigenvalue weighted by atomic mass is 10.1. The van der Waals surface area contributed by atoms with Gasteiger partial charge in [-0.1, -0.05) is 30.3 Å². The monoisotopic (exact) mass is 215 g/mol. The first-order valence-electron chi connectivity index (χ1n) is 5.10. The zero-order valence-corrected chi connectivity index (χ0v) is 9.28. The van der Waals surface area contributed by atoms with Crippen molar-refractivity contribution in [3.8, 4) is 5.75 Å². The summed E-state index contributed by atoms with van der Waals surface area (Å²) in [6.07, 6.45) is 0. The van der Waals surface area contributed by atoms with Crippen LogP contribution < -0.4 is 10.1 Å². The first-order valence-corrected chi connectivity index (χ1v) is 5.10. The number of hydrogen-bond donors (Lipinski definition) is 1. The highest BCUT2D eigenvalue weighted by Crippen LogP contribution is 2.33. The third kappa shape index (κ3) is 1.84. The van der Waals surface area contributed by atoms with Gasteiger partial charge in [-0.3, -0.25) is 4.79 Å². The Hall–Kier alpha value is -2.03. The molecule has 0 unspecified atom stereocenters. The van der Waals surface area contributed by atoms with Gasteiger partial charge in [0, 0.05) is 19.4 Å². The third-order valence-corrected chi connectivity index (χ3v) is 2.39. The number of benzene rings is 2. The lowest BCUT2D eigenvalue weighted by Gasteiger charge is -2.11. The van der Waals surface area contributed by atoms with Gasteiger partial charge in [-0.15, -0.1) is 0 Å². The van der Waals surface area contributed by atoms with Crippen molar-refractivity contribution in [3.63, 3.8) is 0 Å². The maximum absolute atomic E-state index is 11.1. The van der Waals surface area contributed by atoms with Crippen LogP contribution in [0.2, 0.25) is 0 Å². The highest BCUT2D eigenvalue weighted by atomic mass is 16.5. The van der Waals surface area contributed by atoms with Crippen LogP contribution in [-0.4, -0.2) is 13.0 Å². The molecule has 82 valence electrons. The Morgan fingerprint density at radius 3 is 2.62 bits per heavy atom. The van der Waals surface area contributed by atoms with Gasteiger partial charge in [0.2, 0.25) is 0 Å². The minimum Gasteiger partial charge on any atom is -0.424 e. The number of hydrogen-bond acceptors (Lipinski definition) is 3. The maximum atomic E-state index is 11.1. The number of fused-ring (bicyclic) bond motifs is 1. The molecule has 0 aromatic heterocycles. The molecule has 0 amide bonds. The highest BCUT2D eigenvalue weighted by Gasteiger charge is 2.09. The molecule has 0 aliphatic rings. The maximum Gasteiger partial charge on any atom is 0.308 e. The van der Waals surface area contributed by atoms with E-state index in [1.807, 2.05) is 36.4 Å². The number of rotatable bonds is 2. The zero-order chi connectivity index (χ0) is 11.5. The van der Waals surface area contributed by atoms with E-state index in [2.05, 4.69) is 5.32 Å². The molecular weight excluding hydrogens is 202 g/mol. The number of ether oxygens (including phenoxy) is 1. The van der Waals surface area contributed by atoms with Crippen molar-refractivity contribution in [1.82, 2.24) is 0 Å². The molecule has 0 saturated carbocycles. The van der Waals surface area contributed by atoms with Gasteiger partial charge in [-0.2, -0.15) is 0 Å². The van der Waals surface area contributed by atoms with Crippen LogP contribution in [0.5, 0.6) is 5.75 Å². The summed E-state index contributed by atoms with van der Waals surface area (Å²) in [4.78, 5) is 11.1. The molecule has 0 atom stereocenters. The molecular formula is C13H13NO2. The summed E-state index contributed by atoms with van der Waals surface area (Å²) >= 11 is 0. The van der Waals surface area contributed by atoms with Crippen molar-refractivity contribution in [2.45, 2.75) is 6.92 Å². The van der Waals surface area contributed by atoms with E-state index < -0.39 is 0 Å². The molecule has 2 aromatic carbocycles. The van der Waals surface area contributed by atoms with Crippen LogP contribution in [0.15, 0.2) is 36.4 Å². The number of anilines is 1. The van der Waals surface area contributed by atoms with Gasteiger partial charge in [0.25, 0.3) is 0 Å². The predicted molar refractivity (Wildman–Crippen MR) is 64.8 cm³/mol. The average molecular weight is 215 g/mol. The lowest BCUT2D eigenvalue weighted by Crippen LogP contribution is -2.04. The van der Waals surface area contributed by atoms with Gasteiger partial charge >= 0.3 is 5.97 Å². The van der Waals surface area contributed by atoms with Crippen molar-refractivity contribution in [2.75, 3.05) is 12.4 Å². The van der Waals surface area contributed by atoms with E-state index in [4.69, 9.17) is 4.74 Å². The SMILES string of the molecule is CNc1ccc2ccccc2c1OC(C)=O. The average Bonchev–Trinajstić information content (AvgIpc) is 2.29. The van der Waals surface area contributed by atoms with E-state index in [1.165, 1.54) is 6.92 Å². The fourth-order valence-electron chi connectivity index (χ4n) is 1.69. The van der Waals surface area contributed by atoms with Gasteiger partial charge in [0.1, 0.15) is 0 Å². The quantitative estimate of drug-likeness (QED) is 0.618. The molecule has 3 heteroatoms. The molecule has 0 bridgehead atoms. The van der Waals surface area contributed by atoms with E-state index in [9.17, 15) is 4.79 Å². The Bertz CT molecular complexity index is 534. The molecule has 0 heterocycles. The number of carbonyl (C=O) groups excluding carboxylic acids is 1. The summed E-state index contributed by atoms with van der Waals surface area (Å²) in [5.74, 6) is 0.279. The van der Waals surface area contributed by atoms with Crippen LogP contribution in [0.3, 0.4) is 0 Å². The number of carbonyl (C=O) groups is 1. The largest absolute Gasteiger partial charge is 0.424 e. The Labute approximate surface area is 94.0 Å². The zero-order valence-electron chi connectivity index (χ0n) is 9.28. The summed E-state index contributed by atoms with van der Waals surface area (Å²) in [6, 6.07) is 11.7. The summed E-state index contributed by atoms with van der Waals surface area (Å²) in [6.45, 7) is 1.40. The first kappa shape index (κ1) is 10.5. The fraction of sp³-hybridized carbons (Fsp3) is 0.154. The van der Waals surface area contributed by atoms with E-state index in [0.29, 0.717) is 5.75 Å². The van der Waals surface area contributed by atoms with E-state index in [0.717, 1.165) is 16.5 Å². The summed E-state index contributed by atoms with van der Waals surface area (Å²) in [5.41, 5.74) is 0.814. The molecule has 0 aliphatic heterocycles. The van der Waals surface area contributed by atoms with Crippen LogP contribution in [0, 0.1) is 0 Å². The molecule has 0 fully saturated rings. The third-order valence-electron chi connectivity index (χ3n) is 2.39. The van der Waals surface area contributed by atoms with Gasteiger partial charge < -0.3 is 10.1 Å². The molecule has 16 heavy (non-hydrogen) atoms. The summed E-state index contributed by atoms with van der Waals surface area (Å²) in [5, 5.41) is 5.00. The van der Waals surface area contributed by atoms with E-state index in [-0.39, 0.29) is 5.97 Å². The Morgan fingerprint density at radius 2 is 1.94 bits per heavy atom. The minimum atomic E-state index is -0.312. The predicted octanol–water partition coefficient (Wildman–Crippen LogP) is 2.81. The molecule has 2 rings (SSSR count). The number of nitrogens with one attached hydrogen (secondary N) is 1. The van der Waals surface area contributed by atoms with Crippen LogP contribution in [0.1, 0.15) is 6.92 Å². The summed E-state index contributed by atoms with van der Waals surface area (Å²) < 4.78 is 5.25. The van der Waals surface area contributed by atoms with Crippen molar-refractivity contribution in [1.29, 1.82) is 0 Å². The molecule has 0 saturated heterocycles. The lowest BCUT2D eigenvalue weighted by molar-refractivity contribution is -0.131. The van der Waals surface area contributed by atoms with Gasteiger partial charge in [-0.05, 0) is 11.5 Å². The summed E-state index contributed by atoms with van der Waals surface area (Å²) in [7, 11) is 1.80. The van der Waals surface area contributed by atoms with Crippen molar-refractivity contribution in [2.24, 2.45) is 0 Å². The molecule has 0 radical (unpaired) electrons. The Balaban J connectivity index is 2.67. The molecule has 1 N–H and O–H groups in total. The second kappa shape index (κ2) is 4.23. The van der Waals surface area contributed by atoms with Crippen molar-refractivity contribution in [3.05, 3.63) is 36.4 Å². The van der Waals surface area contributed by atoms with Crippen LogP contribution in [0.25, 0.3) is 10.8 Å². The fourth-order valence-corrected chi connectivity index (χ4v) is 1.69. The second-order valence-corrected chi connectivity index (χ2v) is 3.51. The van der Waals surface area contributed by atoms with Crippen LogP contribution in [-0.2, 0) is 4.79 Å². The topological polar surface area (TPSA) is 38.3 Å². The van der Waals surface area contributed by atoms with Gasteiger partial charge in [0.15, 0.2) is 5.75 Å². The number of esters is 1. The minimum absolute atomic E-state index is 0.312. The normalized spacial score (nSPS) is 10.1. The second-order valence-electron chi connectivity index (χ2n) is 3.51. The highest BCUT2D eigenvalue weighted by molar-refractivity contribution is 5.95. The molecule has 0 spiro atoms. The first-order chi connectivity index (χ1) is 7.72. The standard InChI is InChI=1S/C13H13NO2/c1-9(15)16-13-11-6-4-3-5-10(11)7-8-12(13)14-2/h3-8,14H,1-2H3. The molecule has 2 aromatic rings. The smallest absolute Gasteiger partial charge is 0.308 e. The Morgan fingerprint density at radius 1 is 1.19 bits per heavy atom. The Kier molecular flexibility index (Phi) is 2.77. The van der Waals surface area contributed by atoms with Crippen molar-refractivity contribution < 1.29 is 9.53 Å².